The molecule has 6 aromatic carbocycles. The number of ether oxygens (including phenoxy) is 6. The molecule has 24 heteroatoms. The molecule has 117 heavy (non-hydrogen) atoms. The van der Waals surface area contributed by atoms with Gasteiger partial charge in [-0.2, -0.15) is 0 Å². The summed E-state index contributed by atoms with van der Waals surface area (Å²) in [6.07, 6.45) is 29.9. The molecule has 0 N–H and O–H groups in total. The molecule has 594 valence electrons. The van der Waals surface area contributed by atoms with Crippen molar-refractivity contribution in [3.8, 4) is 106 Å². The zero-order valence-electron chi connectivity index (χ0n) is 65.5. The highest BCUT2D eigenvalue weighted by Crippen LogP contribution is 2.19. The van der Waals surface area contributed by atoms with Crippen LogP contribution in [-0.4, -0.2) is 100.0 Å². The lowest BCUT2D eigenvalue weighted by atomic mass is 10.2. The van der Waals surface area contributed by atoms with Gasteiger partial charge in [-0.05, 0) is 214 Å². The SMILES string of the molecule is CCCCCCOc1ccc(C#Cc2ncc(Cl)cn2)cc1.CCCCCOc1ccc(C#Cc2ncc(Cl)cn2)cc1.CCCCOc1ccc(C#Cc2ncc(Cl)cn2)cc1.CCCOc1ccc(C#Cc2ncc(Cl)cn2)cc1.CCOc1ccc(C#Cc2ncc(Cl)cn2)cc1.COc1ccc(C#Cc2ncc(Cl)cn2)cc1. The predicted molar refractivity (Wildman–Crippen MR) is 465 cm³/mol. The van der Waals surface area contributed by atoms with Gasteiger partial charge in [0.1, 0.15) is 34.5 Å². The third-order valence-electron chi connectivity index (χ3n) is 14.8. The van der Waals surface area contributed by atoms with E-state index in [0.29, 0.717) is 71.7 Å². The lowest BCUT2D eigenvalue weighted by Crippen LogP contribution is -1.97. The zero-order chi connectivity index (χ0) is 83.1. The van der Waals surface area contributed by atoms with Gasteiger partial charge >= 0.3 is 0 Å². The van der Waals surface area contributed by atoms with E-state index in [-0.39, 0.29) is 0 Å². The molecular weight excluding hydrogens is 1590 g/mol. The van der Waals surface area contributed by atoms with Gasteiger partial charge in [-0.1, -0.05) is 171 Å². The average Bonchev–Trinajstić information content (AvgIpc) is 0.912. The Kier molecular flexibility index (Phi) is 43.4. The van der Waals surface area contributed by atoms with E-state index in [1.165, 1.54) is 106 Å². The van der Waals surface area contributed by atoms with Crippen molar-refractivity contribution in [2.45, 2.75) is 98.8 Å². The molecule has 18 nitrogen and oxygen atoms in total. The van der Waals surface area contributed by atoms with E-state index in [2.05, 4.69) is 159 Å². The summed E-state index contributed by atoms with van der Waals surface area (Å²) >= 11 is 34.2. The van der Waals surface area contributed by atoms with Crippen molar-refractivity contribution in [1.29, 1.82) is 0 Å². The van der Waals surface area contributed by atoms with Gasteiger partial charge in [-0.25, -0.2) is 59.8 Å². The molecule has 0 aliphatic rings. The van der Waals surface area contributed by atoms with Gasteiger partial charge in [0.15, 0.2) is 0 Å². The molecule has 0 saturated heterocycles. The number of rotatable bonds is 21. The lowest BCUT2D eigenvalue weighted by Gasteiger charge is -2.05. The van der Waals surface area contributed by atoms with E-state index in [4.69, 9.17) is 98.0 Å². The monoisotopic (exact) mass is 1670 g/mol. The van der Waals surface area contributed by atoms with Gasteiger partial charge in [-0.3, -0.25) is 0 Å². The molecule has 0 aliphatic heterocycles. The molecular formula is C93H84Cl6N12O6. The van der Waals surface area contributed by atoms with E-state index >= 15 is 0 Å². The normalized spacial score (nSPS) is 9.64. The molecule has 12 rings (SSSR count). The second-order valence-electron chi connectivity index (χ2n) is 24.1. The molecule has 0 aliphatic carbocycles. The smallest absolute Gasteiger partial charge is 0.205 e. The van der Waals surface area contributed by atoms with Crippen molar-refractivity contribution in [2.24, 2.45) is 0 Å². The van der Waals surface area contributed by atoms with Crippen LogP contribution in [-0.2, 0) is 0 Å². The summed E-state index contributed by atoms with van der Waals surface area (Å²) in [5.74, 6) is 43.1. The van der Waals surface area contributed by atoms with Crippen molar-refractivity contribution in [3.63, 3.8) is 0 Å². The van der Waals surface area contributed by atoms with Gasteiger partial charge < -0.3 is 28.4 Å². The summed E-state index contributed by atoms with van der Waals surface area (Å²) in [5.41, 5.74) is 5.35. The van der Waals surface area contributed by atoms with Crippen LogP contribution in [0.2, 0.25) is 30.1 Å². The number of aromatic nitrogens is 12. The zero-order valence-corrected chi connectivity index (χ0v) is 70.0. The summed E-state index contributed by atoms with van der Waals surface area (Å²) in [4.78, 5) is 48.2. The molecule has 0 atom stereocenters. The predicted octanol–water partition coefficient (Wildman–Crippen LogP) is 21.1. The van der Waals surface area contributed by atoms with Crippen LogP contribution in [0.15, 0.2) is 220 Å². The summed E-state index contributed by atoms with van der Waals surface area (Å²) in [6.45, 7) is 14.2. The minimum atomic E-state index is 0.449. The Morgan fingerprint density at radius 1 is 0.214 bits per heavy atom. The average molecular weight is 1680 g/mol. The summed E-state index contributed by atoms with van der Waals surface area (Å²) in [7, 11) is 1.63. The molecule has 0 saturated carbocycles. The number of hydrogen-bond acceptors (Lipinski definition) is 18. The highest BCUT2D eigenvalue weighted by molar-refractivity contribution is 6.31. The third kappa shape index (κ3) is 39.5. The topological polar surface area (TPSA) is 210 Å². The Labute approximate surface area is 715 Å². The second-order valence-corrected chi connectivity index (χ2v) is 26.8. The molecule has 6 aromatic heterocycles. The van der Waals surface area contributed by atoms with Crippen LogP contribution < -0.4 is 28.4 Å². The van der Waals surface area contributed by atoms with E-state index in [1.807, 2.05) is 153 Å². The maximum atomic E-state index is 5.73. The number of hydrogen-bond donors (Lipinski definition) is 0. The van der Waals surface area contributed by atoms with Crippen molar-refractivity contribution >= 4 is 69.6 Å². The molecule has 0 amide bonds. The highest BCUT2D eigenvalue weighted by Gasteiger charge is 2.03. The fraction of sp³-hybridized carbons (Fsp3) is 0.226. The fourth-order valence-corrected chi connectivity index (χ4v) is 9.44. The van der Waals surface area contributed by atoms with Gasteiger partial charge in [0.05, 0.1) is 145 Å². The third-order valence-corrected chi connectivity index (χ3v) is 16.0. The maximum absolute atomic E-state index is 5.73. The van der Waals surface area contributed by atoms with Crippen LogP contribution in [0.4, 0.5) is 0 Å². The summed E-state index contributed by atoms with van der Waals surface area (Å²) in [5, 5.41) is 3.02. The molecule has 0 fully saturated rings. The first-order chi connectivity index (χ1) is 57.2. The molecule has 6 heterocycles. The standard InChI is InChI=1S/C18H19ClN2O.C17H17ClN2O.C16H15ClN2O.C15H13ClN2O.C14H11ClN2O.C13H9ClN2O/c1-2-3-4-5-12-22-17-9-6-15(7-10-17)8-11-18-20-13-16(19)14-21-18;1-2-3-4-11-21-16-8-5-14(6-9-16)7-10-17-19-12-15(18)13-20-17;1-2-3-10-20-15-7-4-13(5-8-15)6-9-16-18-11-14(17)12-19-16;1-2-9-19-14-6-3-12(4-7-14)5-8-15-17-10-13(16)11-18-15;1-2-18-13-6-3-11(4-7-13)5-8-14-16-9-12(15)10-17-14;1-17-12-5-2-10(3-6-12)4-7-13-15-8-11(14)9-16-13/h6-7,9-10,13-14H,2-5,12H2,1H3;5-6,8-9,12-13H,2-4,11H2,1H3;4-5,7-8,11-12H,2-3,10H2,1H3;3-4,6-7,10-11H,2,9H2,1H3;3-4,6-7,9-10H,2H2,1H3;2-3,5-6,8-9H,1H3. The quantitative estimate of drug-likeness (QED) is 0.0483. The summed E-state index contributed by atoms with van der Waals surface area (Å²) < 4.78 is 32.8. The number of unbranched alkanes of at least 4 members (excludes halogenated alkanes) is 6. The van der Waals surface area contributed by atoms with Gasteiger partial charge in [-0.15, -0.1) is 0 Å². The summed E-state index contributed by atoms with van der Waals surface area (Å²) in [6, 6.07) is 45.8. The molecule has 0 bridgehead atoms. The van der Waals surface area contributed by atoms with E-state index in [0.717, 1.165) is 126 Å². The van der Waals surface area contributed by atoms with Crippen molar-refractivity contribution in [3.05, 3.63) is 318 Å². The van der Waals surface area contributed by atoms with E-state index in [9.17, 15) is 0 Å². The van der Waals surface area contributed by atoms with Gasteiger partial charge in [0.2, 0.25) is 34.9 Å². The van der Waals surface area contributed by atoms with Crippen LogP contribution in [0.5, 0.6) is 34.5 Å². The largest absolute Gasteiger partial charge is 0.497 e. The first kappa shape index (κ1) is 91.9. The molecule has 0 spiro atoms. The van der Waals surface area contributed by atoms with Crippen LogP contribution in [0, 0.1) is 71.0 Å². The minimum Gasteiger partial charge on any atom is -0.497 e. The molecule has 0 unspecified atom stereocenters. The Hall–Kier alpha value is -12.3. The number of nitrogens with zero attached hydrogens (tertiary/aromatic N) is 12. The van der Waals surface area contributed by atoms with E-state index < -0.39 is 0 Å². The van der Waals surface area contributed by atoms with Crippen LogP contribution in [0.25, 0.3) is 0 Å². The Morgan fingerprint density at radius 2 is 0.410 bits per heavy atom. The van der Waals surface area contributed by atoms with E-state index in [1.54, 1.807) is 7.11 Å². The Balaban J connectivity index is 0.000000194. The van der Waals surface area contributed by atoms with Crippen LogP contribution in [0.3, 0.4) is 0 Å². The van der Waals surface area contributed by atoms with Gasteiger partial charge in [0.25, 0.3) is 0 Å². The fourth-order valence-electron chi connectivity index (χ4n) is 8.86. The highest BCUT2D eigenvalue weighted by atomic mass is 35.5. The van der Waals surface area contributed by atoms with Gasteiger partial charge in [0, 0.05) is 33.4 Å². The molecule has 0 radical (unpaired) electrons. The maximum Gasteiger partial charge on any atom is 0.205 e. The van der Waals surface area contributed by atoms with Crippen LogP contribution in [0.1, 0.15) is 167 Å². The second kappa shape index (κ2) is 55.2. The molecule has 12 aromatic rings. The first-order valence-electron chi connectivity index (χ1n) is 37.4. The Morgan fingerprint density at radius 3 is 0.624 bits per heavy atom. The van der Waals surface area contributed by atoms with Crippen molar-refractivity contribution < 1.29 is 28.4 Å². The Bertz CT molecular complexity index is 5280. The number of methoxy groups -OCH3 is 1. The lowest BCUT2D eigenvalue weighted by molar-refractivity contribution is 0.305. The van der Waals surface area contributed by atoms with Crippen molar-refractivity contribution in [2.75, 3.05) is 40.1 Å². The number of halogens is 6. The van der Waals surface area contributed by atoms with Crippen molar-refractivity contribution in [1.82, 2.24) is 59.8 Å². The van der Waals surface area contributed by atoms with Crippen LogP contribution >= 0.6 is 69.6 Å². The first-order valence-corrected chi connectivity index (χ1v) is 39.7. The number of benzene rings is 6. The minimum absolute atomic E-state index is 0.449.